The molecule has 1 N–H and O–H groups in total. The van der Waals surface area contributed by atoms with Crippen molar-refractivity contribution in [2.24, 2.45) is 0 Å². The summed E-state index contributed by atoms with van der Waals surface area (Å²) >= 11 is 0. The molecule has 1 saturated carbocycles. The van der Waals surface area contributed by atoms with Gasteiger partial charge in [0.15, 0.2) is 0 Å². The minimum atomic E-state index is 0.814. The molecular weight excluding hydrogens is 198 g/mol. The van der Waals surface area contributed by atoms with E-state index in [0.29, 0.717) is 0 Å². The van der Waals surface area contributed by atoms with Crippen molar-refractivity contribution < 1.29 is 4.74 Å². The molecule has 0 heterocycles. The van der Waals surface area contributed by atoms with Crippen molar-refractivity contribution in [1.82, 2.24) is 5.32 Å². The zero-order valence-electron chi connectivity index (χ0n) is 9.78. The van der Waals surface area contributed by atoms with E-state index in [1.807, 2.05) is 12.1 Å². The Balaban J connectivity index is 1.71. The molecule has 1 aromatic carbocycles. The van der Waals surface area contributed by atoms with Crippen molar-refractivity contribution in [1.29, 1.82) is 0 Å². The molecule has 2 rings (SSSR count). The first-order valence-corrected chi connectivity index (χ1v) is 5.92. The fourth-order valence-electron chi connectivity index (χ4n) is 1.59. The van der Waals surface area contributed by atoms with Crippen LogP contribution in [0.4, 0.5) is 0 Å². The maximum atomic E-state index is 5.11. The monoisotopic (exact) mass is 217 g/mol. The fraction of sp³-hybridized carbons (Fsp3) is 0.429. The minimum Gasteiger partial charge on any atom is -0.497 e. The van der Waals surface area contributed by atoms with Gasteiger partial charge >= 0.3 is 0 Å². The van der Waals surface area contributed by atoms with Crippen molar-refractivity contribution in [3.63, 3.8) is 0 Å². The highest BCUT2D eigenvalue weighted by molar-refractivity contribution is 5.50. The topological polar surface area (TPSA) is 21.3 Å². The summed E-state index contributed by atoms with van der Waals surface area (Å²) in [5, 5.41) is 3.49. The molecule has 0 saturated heterocycles. The van der Waals surface area contributed by atoms with E-state index >= 15 is 0 Å². The first kappa shape index (κ1) is 11.2. The molecule has 0 atom stereocenters. The predicted octanol–water partition coefficient (Wildman–Crippen LogP) is 2.85. The smallest absolute Gasteiger partial charge is 0.118 e. The number of hydrogen-bond donors (Lipinski definition) is 1. The molecule has 16 heavy (non-hydrogen) atoms. The van der Waals surface area contributed by atoms with Crippen LogP contribution in [0, 0.1) is 0 Å². The lowest BCUT2D eigenvalue weighted by Gasteiger charge is -2.00. The molecule has 2 heteroatoms. The molecule has 0 radical (unpaired) electrons. The second-order valence-corrected chi connectivity index (χ2v) is 4.19. The summed E-state index contributed by atoms with van der Waals surface area (Å²) < 4.78 is 5.11. The molecule has 0 bridgehead atoms. The van der Waals surface area contributed by atoms with E-state index in [-0.39, 0.29) is 0 Å². The Hall–Kier alpha value is -1.28. The molecule has 1 aromatic rings. The van der Waals surface area contributed by atoms with E-state index < -0.39 is 0 Å². The summed E-state index contributed by atoms with van der Waals surface area (Å²) in [6, 6.07) is 8.94. The third-order valence-electron chi connectivity index (χ3n) is 2.75. The van der Waals surface area contributed by atoms with Gasteiger partial charge in [0.2, 0.25) is 0 Å². The van der Waals surface area contributed by atoms with E-state index in [0.717, 1.165) is 24.8 Å². The second kappa shape index (κ2) is 5.71. The summed E-state index contributed by atoms with van der Waals surface area (Å²) in [5.74, 6) is 0.910. The maximum absolute atomic E-state index is 5.11. The summed E-state index contributed by atoms with van der Waals surface area (Å²) in [7, 11) is 1.69. The van der Waals surface area contributed by atoms with Crippen molar-refractivity contribution in [2.45, 2.75) is 25.3 Å². The van der Waals surface area contributed by atoms with Crippen LogP contribution in [0.3, 0.4) is 0 Å². The minimum absolute atomic E-state index is 0.814. The third-order valence-corrected chi connectivity index (χ3v) is 2.75. The fourth-order valence-corrected chi connectivity index (χ4v) is 1.59. The van der Waals surface area contributed by atoms with Crippen LogP contribution in [0.5, 0.6) is 5.75 Å². The molecule has 86 valence electrons. The molecule has 2 nitrogen and oxygen atoms in total. The van der Waals surface area contributed by atoms with E-state index in [9.17, 15) is 0 Å². The Morgan fingerprint density at radius 2 is 2.06 bits per heavy atom. The number of ether oxygens (including phenoxy) is 1. The van der Waals surface area contributed by atoms with E-state index in [1.54, 1.807) is 7.11 Å². The van der Waals surface area contributed by atoms with Gasteiger partial charge in [0.25, 0.3) is 0 Å². The molecule has 0 unspecified atom stereocenters. The SMILES string of the molecule is COc1ccc(C=CCCNC2CC2)cc1. The Morgan fingerprint density at radius 3 is 2.69 bits per heavy atom. The van der Waals surface area contributed by atoms with Gasteiger partial charge in [-0.2, -0.15) is 0 Å². The molecule has 1 fully saturated rings. The zero-order chi connectivity index (χ0) is 11.2. The average Bonchev–Trinajstić information content (AvgIpc) is 3.13. The summed E-state index contributed by atoms with van der Waals surface area (Å²) in [6.07, 6.45) is 8.21. The average molecular weight is 217 g/mol. The van der Waals surface area contributed by atoms with Crippen LogP contribution in [0.2, 0.25) is 0 Å². The first-order chi connectivity index (χ1) is 7.88. The van der Waals surface area contributed by atoms with Gasteiger partial charge in [0.05, 0.1) is 7.11 Å². The number of hydrogen-bond acceptors (Lipinski definition) is 2. The molecule has 0 aliphatic heterocycles. The standard InChI is InChI=1S/C14H19NO/c1-16-14-9-5-12(6-10-14)4-2-3-11-15-13-7-8-13/h2,4-6,9-10,13,15H,3,7-8,11H2,1H3. The molecule has 1 aliphatic carbocycles. The summed E-state index contributed by atoms with van der Waals surface area (Å²) in [4.78, 5) is 0. The first-order valence-electron chi connectivity index (χ1n) is 5.92. The lowest BCUT2D eigenvalue weighted by molar-refractivity contribution is 0.415. The Bertz CT molecular complexity index is 338. The van der Waals surface area contributed by atoms with Crippen molar-refractivity contribution in [3.8, 4) is 5.75 Å². The third kappa shape index (κ3) is 3.70. The van der Waals surface area contributed by atoms with Gasteiger partial charge < -0.3 is 10.1 Å². The van der Waals surface area contributed by atoms with Gasteiger partial charge in [-0.15, -0.1) is 0 Å². The van der Waals surface area contributed by atoms with Crippen LogP contribution in [-0.2, 0) is 0 Å². The molecule has 0 spiro atoms. The van der Waals surface area contributed by atoms with E-state index in [1.165, 1.54) is 18.4 Å². The van der Waals surface area contributed by atoms with Gasteiger partial charge in [0.1, 0.15) is 5.75 Å². The van der Waals surface area contributed by atoms with Gasteiger partial charge in [0, 0.05) is 6.04 Å². The van der Waals surface area contributed by atoms with E-state index in [4.69, 9.17) is 4.74 Å². The number of nitrogens with one attached hydrogen (secondary N) is 1. The quantitative estimate of drug-likeness (QED) is 0.740. The van der Waals surface area contributed by atoms with Gasteiger partial charge in [-0.3, -0.25) is 0 Å². The van der Waals surface area contributed by atoms with Crippen LogP contribution < -0.4 is 10.1 Å². The number of benzene rings is 1. The van der Waals surface area contributed by atoms with Crippen LogP contribution in [0.25, 0.3) is 6.08 Å². The molecule has 0 aromatic heterocycles. The van der Waals surface area contributed by atoms with Crippen molar-refractivity contribution in [3.05, 3.63) is 35.9 Å². The van der Waals surface area contributed by atoms with E-state index in [2.05, 4.69) is 29.6 Å². The second-order valence-electron chi connectivity index (χ2n) is 4.19. The van der Waals surface area contributed by atoms with Crippen LogP contribution >= 0.6 is 0 Å². The van der Waals surface area contributed by atoms with Gasteiger partial charge in [-0.1, -0.05) is 24.3 Å². The lowest BCUT2D eigenvalue weighted by Crippen LogP contribution is -2.16. The van der Waals surface area contributed by atoms with Gasteiger partial charge in [-0.25, -0.2) is 0 Å². The summed E-state index contributed by atoms with van der Waals surface area (Å²) in [6.45, 7) is 1.09. The highest BCUT2D eigenvalue weighted by atomic mass is 16.5. The predicted molar refractivity (Wildman–Crippen MR) is 67.7 cm³/mol. The van der Waals surface area contributed by atoms with Gasteiger partial charge in [-0.05, 0) is 43.5 Å². The highest BCUT2D eigenvalue weighted by Gasteiger charge is 2.19. The Morgan fingerprint density at radius 1 is 1.31 bits per heavy atom. The van der Waals surface area contributed by atoms with Crippen molar-refractivity contribution in [2.75, 3.05) is 13.7 Å². The molecular formula is C14H19NO. The molecule has 0 amide bonds. The Kier molecular flexibility index (Phi) is 4.00. The van der Waals surface area contributed by atoms with Crippen LogP contribution in [0.15, 0.2) is 30.3 Å². The number of methoxy groups -OCH3 is 1. The highest BCUT2D eigenvalue weighted by Crippen LogP contribution is 2.18. The largest absolute Gasteiger partial charge is 0.497 e. The zero-order valence-corrected chi connectivity index (χ0v) is 9.78. The molecule has 1 aliphatic rings. The Labute approximate surface area is 97.3 Å². The number of rotatable bonds is 6. The maximum Gasteiger partial charge on any atom is 0.118 e. The van der Waals surface area contributed by atoms with Crippen molar-refractivity contribution >= 4 is 6.08 Å². The normalized spacial score (nSPS) is 15.6. The van der Waals surface area contributed by atoms with Crippen LogP contribution in [0.1, 0.15) is 24.8 Å². The summed E-state index contributed by atoms with van der Waals surface area (Å²) in [5.41, 5.74) is 1.23. The van der Waals surface area contributed by atoms with Crippen LogP contribution in [-0.4, -0.2) is 19.7 Å². The lowest BCUT2D eigenvalue weighted by atomic mass is 10.2.